The lowest BCUT2D eigenvalue weighted by Crippen LogP contribution is -2.48. The number of piperidine rings is 1. The Bertz CT molecular complexity index is 411. The van der Waals surface area contributed by atoms with Gasteiger partial charge in [0.05, 0.1) is 5.60 Å². The summed E-state index contributed by atoms with van der Waals surface area (Å²) in [6.45, 7) is 9.06. The smallest absolute Gasteiger partial charge is 0.0746 e. The summed E-state index contributed by atoms with van der Waals surface area (Å²) in [6.07, 6.45) is 6.79. The highest BCUT2D eigenvalue weighted by atomic mass is 16.3. The van der Waals surface area contributed by atoms with E-state index in [1.165, 1.54) is 5.69 Å². The monoisotopic (exact) mass is 291 g/mol. The van der Waals surface area contributed by atoms with E-state index in [1.807, 2.05) is 19.3 Å². The Labute approximate surface area is 128 Å². The average Bonchev–Trinajstić information content (AvgIpc) is 2.45. The number of anilines is 1. The van der Waals surface area contributed by atoms with E-state index in [-0.39, 0.29) is 0 Å². The van der Waals surface area contributed by atoms with Gasteiger partial charge in [-0.1, -0.05) is 13.8 Å². The van der Waals surface area contributed by atoms with Gasteiger partial charge >= 0.3 is 0 Å². The molecule has 2 heterocycles. The molecule has 1 unspecified atom stereocenters. The molecule has 1 aliphatic heterocycles. The predicted octanol–water partition coefficient (Wildman–Crippen LogP) is 2.44. The molecule has 1 aromatic rings. The Hall–Kier alpha value is -1.13. The molecule has 2 N–H and O–H groups in total. The number of nitrogens with zero attached hydrogens (tertiary/aromatic N) is 2. The summed E-state index contributed by atoms with van der Waals surface area (Å²) >= 11 is 0. The number of nitrogens with one attached hydrogen (secondary N) is 1. The van der Waals surface area contributed by atoms with E-state index < -0.39 is 5.60 Å². The molecule has 1 aromatic heterocycles. The number of aromatic nitrogens is 1. The molecule has 4 heteroatoms. The highest BCUT2D eigenvalue weighted by Crippen LogP contribution is 2.20. The van der Waals surface area contributed by atoms with E-state index in [9.17, 15) is 5.11 Å². The molecule has 2 rings (SSSR count). The first-order valence-corrected chi connectivity index (χ1v) is 8.07. The lowest BCUT2D eigenvalue weighted by Gasteiger charge is -2.35. The molecule has 0 bridgehead atoms. The van der Waals surface area contributed by atoms with Gasteiger partial charge in [-0.05, 0) is 44.2 Å². The van der Waals surface area contributed by atoms with E-state index in [0.717, 1.165) is 32.4 Å². The van der Waals surface area contributed by atoms with Crippen LogP contribution in [0.25, 0.3) is 0 Å². The van der Waals surface area contributed by atoms with Crippen molar-refractivity contribution >= 4 is 5.69 Å². The second-order valence-corrected chi connectivity index (χ2v) is 6.94. The van der Waals surface area contributed by atoms with Gasteiger partial charge in [-0.3, -0.25) is 4.98 Å². The van der Waals surface area contributed by atoms with Crippen LogP contribution in [-0.4, -0.2) is 41.4 Å². The van der Waals surface area contributed by atoms with Crippen LogP contribution in [0.3, 0.4) is 0 Å². The van der Waals surface area contributed by atoms with E-state index in [1.54, 1.807) is 0 Å². The van der Waals surface area contributed by atoms with Gasteiger partial charge in [0.1, 0.15) is 0 Å². The fourth-order valence-corrected chi connectivity index (χ4v) is 3.21. The topological polar surface area (TPSA) is 48.4 Å². The first kappa shape index (κ1) is 16.2. The number of hydrogen-bond donors (Lipinski definition) is 2. The Morgan fingerprint density at radius 2 is 1.95 bits per heavy atom. The molecule has 1 fully saturated rings. The zero-order chi connectivity index (χ0) is 15.3. The summed E-state index contributed by atoms with van der Waals surface area (Å²) < 4.78 is 0. The highest BCUT2D eigenvalue weighted by molar-refractivity contribution is 5.44. The first-order valence-electron chi connectivity index (χ1n) is 8.07. The van der Waals surface area contributed by atoms with Gasteiger partial charge in [-0.25, -0.2) is 0 Å². The van der Waals surface area contributed by atoms with Crippen LogP contribution in [-0.2, 0) is 0 Å². The summed E-state index contributed by atoms with van der Waals surface area (Å²) in [5.74, 6) is 0.523. The van der Waals surface area contributed by atoms with E-state index in [4.69, 9.17) is 0 Å². The molecule has 4 nitrogen and oxygen atoms in total. The predicted molar refractivity (Wildman–Crippen MR) is 87.6 cm³/mol. The molecule has 0 aliphatic carbocycles. The molecule has 0 radical (unpaired) electrons. The minimum absolute atomic E-state index is 0.515. The maximum Gasteiger partial charge on any atom is 0.0746 e. The van der Waals surface area contributed by atoms with Crippen molar-refractivity contribution in [1.29, 1.82) is 0 Å². The third-order valence-corrected chi connectivity index (χ3v) is 4.14. The molecular formula is C17H29N3O. The van der Waals surface area contributed by atoms with Crippen molar-refractivity contribution in [3.05, 3.63) is 24.5 Å². The van der Waals surface area contributed by atoms with Gasteiger partial charge in [0.15, 0.2) is 0 Å². The first-order chi connectivity index (χ1) is 9.96. The maximum atomic E-state index is 10.4. The largest absolute Gasteiger partial charge is 0.389 e. The molecule has 0 spiro atoms. The molecule has 0 aromatic carbocycles. The molecular weight excluding hydrogens is 262 g/mol. The van der Waals surface area contributed by atoms with Crippen LogP contribution in [0.1, 0.15) is 40.0 Å². The summed E-state index contributed by atoms with van der Waals surface area (Å²) in [5, 5.41) is 13.9. The quantitative estimate of drug-likeness (QED) is 0.845. The standard InChI is InChI=1S/C17H29N3O/c1-14(2)12-17(3,21)13-19-15-6-10-20(11-7-15)16-4-8-18-9-5-16/h4-5,8-9,14-15,19,21H,6-7,10-13H2,1-3H3. The Morgan fingerprint density at radius 3 is 2.52 bits per heavy atom. The lowest BCUT2D eigenvalue weighted by molar-refractivity contribution is 0.0351. The van der Waals surface area contributed by atoms with Crippen molar-refractivity contribution in [3.63, 3.8) is 0 Å². The summed E-state index contributed by atoms with van der Waals surface area (Å²) in [5.41, 5.74) is 0.659. The van der Waals surface area contributed by atoms with Gasteiger partial charge in [0, 0.05) is 43.8 Å². The normalized spacial score (nSPS) is 19.8. The molecule has 118 valence electrons. The fraction of sp³-hybridized carbons (Fsp3) is 0.706. The van der Waals surface area contributed by atoms with Gasteiger partial charge in [-0.2, -0.15) is 0 Å². The fourth-order valence-electron chi connectivity index (χ4n) is 3.21. The van der Waals surface area contributed by atoms with Crippen LogP contribution >= 0.6 is 0 Å². The zero-order valence-electron chi connectivity index (χ0n) is 13.5. The Balaban J connectivity index is 1.74. The molecule has 0 saturated carbocycles. The third-order valence-electron chi connectivity index (χ3n) is 4.14. The third kappa shape index (κ3) is 5.29. The molecule has 1 saturated heterocycles. The minimum atomic E-state index is -0.601. The van der Waals surface area contributed by atoms with Gasteiger partial charge < -0.3 is 15.3 Å². The van der Waals surface area contributed by atoms with E-state index in [2.05, 4.69) is 41.2 Å². The Kier molecular flexibility index (Phi) is 5.59. The number of aliphatic hydroxyl groups is 1. The lowest BCUT2D eigenvalue weighted by atomic mass is 9.93. The maximum absolute atomic E-state index is 10.4. The van der Waals surface area contributed by atoms with Crippen molar-refractivity contribution in [2.24, 2.45) is 5.92 Å². The van der Waals surface area contributed by atoms with Crippen LogP contribution in [0, 0.1) is 5.92 Å². The van der Waals surface area contributed by atoms with Gasteiger partial charge in [0.2, 0.25) is 0 Å². The second-order valence-electron chi connectivity index (χ2n) is 6.94. The molecule has 21 heavy (non-hydrogen) atoms. The van der Waals surface area contributed by atoms with Crippen molar-refractivity contribution < 1.29 is 5.11 Å². The van der Waals surface area contributed by atoms with Crippen LogP contribution in [0.4, 0.5) is 5.69 Å². The van der Waals surface area contributed by atoms with Crippen LogP contribution in [0.15, 0.2) is 24.5 Å². The number of hydrogen-bond acceptors (Lipinski definition) is 4. The van der Waals surface area contributed by atoms with Crippen molar-refractivity contribution in [2.75, 3.05) is 24.5 Å². The average molecular weight is 291 g/mol. The van der Waals surface area contributed by atoms with Gasteiger partial charge in [0.25, 0.3) is 0 Å². The van der Waals surface area contributed by atoms with Crippen LogP contribution in [0.2, 0.25) is 0 Å². The summed E-state index contributed by atoms with van der Waals surface area (Å²) in [7, 11) is 0. The molecule has 1 atom stereocenters. The number of pyridine rings is 1. The highest BCUT2D eigenvalue weighted by Gasteiger charge is 2.25. The minimum Gasteiger partial charge on any atom is -0.389 e. The number of rotatable bonds is 6. The summed E-state index contributed by atoms with van der Waals surface area (Å²) in [6, 6.07) is 4.66. The Morgan fingerprint density at radius 1 is 1.33 bits per heavy atom. The summed E-state index contributed by atoms with van der Waals surface area (Å²) in [4.78, 5) is 6.48. The van der Waals surface area contributed by atoms with Crippen molar-refractivity contribution in [2.45, 2.75) is 51.7 Å². The van der Waals surface area contributed by atoms with Crippen molar-refractivity contribution in [3.8, 4) is 0 Å². The van der Waals surface area contributed by atoms with Crippen LogP contribution < -0.4 is 10.2 Å². The molecule has 1 aliphatic rings. The van der Waals surface area contributed by atoms with Crippen LogP contribution in [0.5, 0.6) is 0 Å². The van der Waals surface area contributed by atoms with Crippen molar-refractivity contribution in [1.82, 2.24) is 10.3 Å². The van der Waals surface area contributed by atoms with E-state index in [0.29, 0.717) is 18.5 Å². The zero-order valence-corrected chi connectivity index (χ0v) is 13.5. The molecule has 0 amide bonds. The second kappa shape index (κ2) is 7.23. The SMILES string of the molecule is CC(C)CC(C)(O)CNC1CCN(c2ccncc2)CC1. The van der Waals surface area contributed by atoms with Gasteiger partial charge in [-0.15, -0.1) is 0 Å². The van der Waals surface area contributed by atoms with E-state index >= 15 is 0 Å².